The second-order valence-corrected chi connectivity index (χ2v) is 9.60. The number of likely N-dealkylation sites (N-methyl/N-ethyl adjacent to an activating group) is 1. The van der Waals surface area contributed by atoms with Crippen molar-refractivity contribution in [2.45, 2.75) is 51.2 Å². The second kappa shape index (κ2) is 9.31. The molecule has 5 rings (SSSR count). The van der Waals surface area contributed by atoms with E-state index >= 15 is 0 Å². The van der Waals surface area contributed by atoms with Crippen molar-refractivity contribution in [3.05, 3.63) is 53.4 Å². The Morgan fingerprint density at radius 2 is 2.12 bits per heavy atom. The molecule has 0 saturated carbocycles. The number of aryl methyl sites for hydroxylation is 1. The highest BCUT2D eigenvalue weighted by molar-refractivity contribution is 5.94. The average Bonchev–Trinajstić information content (AvgIpc) is 3.47. The molecule has 2 aliphatic rings. The summed E-state index contributed by atoms with van der Waals surface area (Å²) >= 11 is 0. The van der Waals surface area contributed by atoms with Gasteiger partial charge in [0.1, 0.15) is 11.5 Å². The molecule has 2 atom stereocenters. The third kappa shape index (κ3) is 4.03. The Bertz CT molecular complexity index is 1190. The van der Waals surface area contributed by atoms with Crippen molar-refractivity contribution in [3.63, 3.8) is 0 Å². The summed E-state index contributed by atoms with van der Waals surface area (Å²) in [5, 5.41) is 0. The normalized spacial score (nSPS) is 20.4. The molecule has 0 unspecified atom stereocenters. The summed E-state index contributed by atoms with van der Waals surface area (Å²) in [7, 11) is 4.21. The monoisotopic (exact) mass is 462 g/mol. The number of amides is 1. The molecule has 34 heavy (non-hydrogen) atoms. The van der Waals surface area contributed by atoms with Gasteiger partial charge in [-0.15, -0.1) is 0 Å². The summed E-state index contributed by atoms with van der Waals surface area (Å²) < 4.78 is 1.91. The largest absolute Gasteiger partial charge is 0.364 e. The summed E-state index contributed by atoms with van der Waals surface area (Å²) in [5.74, 6) is 0.415. The molecule has 0 aromatic carbocycles. The summed E-state index contributed by atoms with van der Waals surface area (Å²) in [6.07, 6.45) is 9.72. The van der Waals surface area contributed by atoms with Crippen LogP contribution in [0.25, 0.3) is 5.65 Å². The highest BCUT2D eigenvalue weighted by atomic mass is 16.1. The lowest BCUT2D eigenvalue weighted by molar-refractivity contribution is 0.0991. The van der Waals surface area contributed by atoms with Crippen molar-refractivity contribution in [2.24, 2.45) is 5.73 Å². The number of carbonyl (C=O) groups is 1. The van der Waals surface area contributed by atoms with Gasteiger partial charge in [-0.25, -0.2) is 4.98 Å². The molecule has 0 bridgehead atoms. The molecule has 1 fully saturated rings. The number of aromatic nitrogens is 4. The fourth-order valence-corrected chi connectivity index (χ4v) is 5.56. The number of rotatable bonds is 7. The van der Waals surface area contributed by atoms with Crippen LogP contribution in [0, 0.1) is 0 Å². The fourth-order valence-electron chi connectivity index (χ4n) is 5.56. The van der Waals surface area contributed by atoms with Crippen LogP contribution in [0.4, 0.5) is 5.82 Å². The maximum atomic E-state index is 12.8. The SMILES string of the molecule is CCN(Cc1nc2cncc(N3CC[C@@H](N(C)C)C3)n2c1C(N)=O)[C@H]1CCCc2cccnc21. The predicted octanol–water partition coefficient (Wildman–Crippen LogP) is 2.26. The van der Waals surface area contributed by atoms with Crippen molar-refractivity contribution in [1.29, 1.82) is 0 Å². The van der Waals surface area contributed by atoms with Crippen LogP contribution < -0.4 is 10.6 Å². The van der Waals surface area contributed by atoms with Gasteiger partial charge in [-0.1, -0.05) is 13.0 Å². The standard InChI is InChI=1S/C25H34N8O/c1-4-31(20-9-5-7-17-8-6-11-28-23(17)20)16-19-24(25(26)34)33-21(29-19)13-27-14-22(33)32-12-10-18(15-32)30(2)3/h6,8,11,13-14,18,20H,4-5,7,9-10,12,15-16H2,1-3H3,(H2,26,34)/t18-,20+/m1/s1. The zero-order chi connectivity index (χ0) is 23.8. The second-order valence-electron chi connectivity index (χ2n) is 9.60. The molecule has 0 radical (unpaired) electrons. The number of imidazole rings is 1. The zero-order valence-corrected chi connectivity index (χ0v) is 20.3. The highest BCUT2D eigenvalue weighted by Gasteiger charge is 2.31. The van der Waals surface area contributed by atoms with Crippen LogP contribution in [0.1, 0.15) is 59.7 Å². The van der Waals surface area contributed by atoms with E-state index < -0.39 is 5.91 Å². The van der Waals surface area contributed by atoms with Crippen molar-refractivity contribution in [1.82, 2.24) is 29.2 Å². The summed E-state index contributed by atoms with van der Waals surface area (Å²) in [6.45, 7) is 5.30. The maximum absolute atomic E-state index is 12.8. The summed E-state index contributed by atoms with van der Waals surface area (Å²) in [4.78, 5) is 33.7. The first-order chi connectivity index (χ1) is 16.5. The van der Waals surface area contributed by atoms with Crippen LogP contribution in [0.3, 0.4) is 0 Å². The molecule has 4 heterocycles. The molecular weight excluding hydrogens is 428 g/mol. The molecule has 1 saturated heterocycles. The number of primary amides is 1. The summed E-state index contributed by atoms with van der Waals surface area (Å²) in [6, 6.07) is 4.86. The maximum Gasteiger partial charge on any atom is 0.267 e. The van der Waals surface area contributed by atoms with Crippen molar-refractivity contribution >= 4 is 17.4 Å². The Morgan fingerprint density at radius 3 is 2.85 bits per heavy atom. The number of hydrogen-bond acceptors (Lipinski definition) is 7. The van der Waals surface area contributed by atoms with Gasteiger partial charge in [0.2, 0.25) is 0 Å². The minimum absolute atomic E-state index is 0.206. The Labute approximate surface area is 200 Å². The predicted molar refractivity (Wildman–Crippen MR) is 132 cm³/mol. The third-order valence-corrected chi connectivity index (χ3v) is 7.40. The summed E-state index contributed by atoms with van der Waals surface area (Å²) in [5.41, 5.74) is 10.2. The molecule has 9 heteroatoms. The van der Waals surface area contributed by atoms with Gasteiger partial charge in [-0.3, -0.25) is 24.1 Å². The van der Waals surface area contributed by atoms with Gasteiger partial charge in [0.15, 0.2) is 5.65 Å². The average molecular weight is 463 g/mol. The molecule has 9 nitrogen and oxygen atoms in total. The molecule has 1 aliphatic heterocycles. The van der Waals surface area contributed by atoms with E-state index in [9.17, 15) is 4.79 Å². The lowest BCUT2D eigenvalue weighted by Gasteiger charge is -2.34. The molecular formula is C25H34N8O. The van der Waals surface area contributed by atoms with Gasteiger partial charge < -0.3 is 15.5 Å². The first-order valence-electron chi connectivity index (χ1n) is 12.2. The van der Waals surface area contributed by atoms with E-state index in [4.69, 9.17) is 15.7 Å². The number of fused-ring (bicyclic) bond motifs is 2. The molecule has 0 spiro atoms. The van der Waals surface area contributed by atoms with E-state index in [2.05, 4.69) is 46.8 Å². The quantitative estimate of drug-likeness (QED) is 0.575. The third-order valence-electron chi connectivity index (χ3n) is 7.40. The number of nitrogens with zero attached hydrogens (tertiary/aromatic N) is 7. The Morgan fingerprint density at radius 1 is 1.26 bits per heavy atom. The van der Waals surface area contributed by atoms with Crippen LogP contribution >= 0.6 is 0 Å². The smallest absolute Gasteiger partial charge is 0.267 e. The topological polar surface area (TPSA) is 95.9 Å². The van der Waals surface area contributed by atoms with Crippen LogP contribution in [0.5, 0.6) is 0 Å². The van der Waals surface area contributed by atoms with E-state index in [1.54, 1.807) is 6.20 Å². The van der Waals surface area contributed by atoms with Gasteiger partial charge in [0.25, 0.3) is 5.91 Å². The Balaban J connectivity index is 1.52. The number of carbonyl (C=O) groups excluding carboxylic acids is 1. The van der Waals surface area contributed by atoms with E-state index in [1.807, 2.05) is 22.9 Å². The molecule has 180 valence electrons. The van der Waals surface area contributed by atoms with Gasteiger partial charge >= 0.3 is 0 Å². The van der Waals surface area contributed by atoms with Crippen molar-refractivity contribution < 1.29 is 4.79 Å². The molecule has 3 aromatic rings. The minimum atomic E-state index is -0.462. The number of nitrogens with two attached hydrogens (primary N) is 1. The fraction of sp³-hybridized carbons (Fsp3) is 0.520. The van der Waals surface area contributed by atoms with E-state index in [0.29, 0.717) is 29.6 Å². The van der Waals surface area contributed by atoms with Crippen LogP contribution in [-0.4, -0.2) is 74.8 Å². The highest BCUT2D eigenvalue weighted by Crippen LogP contribution is 2.34. The van der Waals surface area contributed by atoms with Gasteiger partial charge in [0, 0.05) is 31.9 Å². The van der Waals surface area contributed by atoms with Crippen molar-refractivity contribution in [2.75, 3.05) is 38.6 Å². The van der Waals surface area contributed by atoms with E-state index in [0.717, 1.165) is 56.8 Å². The van der Waals surface area contributed by atoms with E-state index in [1.165, 1.54) is 5.56 Å². The van der Waals surface area contributed by atoms with E-state index in [-0.39, 0.29) is 6.04 Å². The van der Waals surface area contributed by atoms with Gasteiger partial charge in [-0.05, 0) is 58.0 Å². The van der Waals surface area contributed by atoms with Gasteiger partial charge in [0.05, 0.1) is 29.8 Å². The minimum Gasteiger partial charge on any atom is -0.364 e. The van der Waals surface area contributed by atoms with Crippen molar-refractivity contribution in [3.8, 4) is 0 Å². The first kappa shape index (κ1) is 22.7. The molecule has 2 N–H and O–H groups in total. The van der Waals surface area contributed by atoms with Crippen LogP contribution in [-0.2, 0) is 13.0 Å². The lowest BCUT2D eigenvalue weighted by Crippen LogP contribution is -2.33. The number of hydrogen-bond donors (Lipinski definition) is 1. The van der Waals surface area contributed by atoms with Crippen LogP contribution in [0.2, 0.25) is 0 Å². The lowest BCUT2D eigenvalue weighted by atomic mass is 9.90. The molecule has 3 aromatic heterocycles. The Kier molecular flexibility index (Phi) is 6.22. The number of anilines is 1. The molecule has 1 aliphatic carbocycles. The van der Waals surface area contributed by atoms with Gasteiger partial charge in [-0.2, -0.15) is 0 Å². The number of pyridine rings is 1. The Hall–Kier alpha value is -3.04. The van der Waals surface area contributed by atoms with Crippen LogP contribution in [0.15, 0.2) is 30.7 Å². The molecule has 1 amide bonds. The first-order valence-corrected chi connectivity index (χ1v) is 12.2. The zero-order valence-electron chi connectivity index (χ0n) is 20.3.